The maximum absolute atomic E-state index is 13.7. The van der Waals surface area contributed by atoms with E-state index >= 15 is 0 Å². The van der Waals surface area contributed by atoms with Crippen LogP contribution in [0.2, 0.25) is 5.15 Å². The molecule has 0 radical (unpaired) electrons. The van der Waals surface area contributed by atoms with Gasteiger partial charge in [0.25, 0.3) is 0 Å². The van der Waals surface area contributed by atoms with E-state index in [2.05, 4.69) is 9.97 Å². The second kappa shape index (κ2) is 6.45. The van der Waals surface area contributed by atoms with Gasteiger partial charge >= 0.3 is 5.69 Å². The van der Waals surface area contributed by atoms with Gasteiger partial charge in [-0.25, -0.2) is 9.37 Å². The van der Waals surface area contributed by atoms with E-state index in [0.29, 0.717) is 12.2 Å². The molecule has 0 fully saturated rings. The molecule has 0 aliphatic heterocycles. The molecule has 0 atom stereocenters. The highest BCUT2D eigenvalue weighted by molar-refractivity contribution is 6.29. The van der Waals surface area contributed by atoms with Crippen LogP contribution in [0, 0.1) is 15.9 Å². The standard InChI is InChI=1S/C13H11ClFN3O3/c1-2-4-11-16-10(14)7-12(17-11)21-13-8(15)5-3-6-9(13)18(19)20/h3,5-7H,2,4H2,1H3. The largest absolute Gasteiger partial charge is 0.428 e. The van der Waals surface area contributed by atoms with Crippen LogP contribution in [-0.2, 0) is 6.42 Å². The molecular weight excluding hydrogens is 301 g/mol. The van der Waals surface area contributed by atoms with Gasteiger partial charge in [-0.2, -0.15) is 4.98 Å². The Morgan fingerprint density at radius 1 is 1.43 bits per heavy atom. The van der Waals surface area contributed by atoms with Crippen LogP contribution in [-0.4, -0.2) is 14.9 Å². The molecule has 0 unspecified atom stereocenters. The number of hydrogen-bond donors (Lipinski definition) is 0. The summed E-state index contributed by atoms with van der Waals surface area (Å²) >= 11 is 5.84. The molecule has 110 valence electrons. The topological polar surface area (TPSA) is 78.2 Å². The molecule has 0 bridgehead atoms. The van der Waals surface area contributed by atoms with E-state index in [1.54, 1.807) is 0 Å². The first-order valence-corrected chi connectivity index (χ1v) is 6.53. The van der Waals surface area contributed by atoms with Gasteiger partial charge in [0.15, 0.2) is 5.82 Å². The van der Waals surface area contributed by atoms with Gasteiger partial charge in [0.1, 0.15) is 11.0 Å². The Morgan fingerprint density at radius 2 is 2.19 bits per heavy atom. The van der Waals surface area contributed by atoms with Crippen LogP contribution in [0.3, 0.4) is 0 Å². The van der Waals surface area contributed by atoms with E-state index in [1.165, 1.54) is 12.1 Å². The lowest BCUT2D eigenvalue weighted by atomic mass is 10.3. The Kier molecular flexibility index (Phi) is 4.64. The average Bonchev–Trinajstić information content (AvgIpc) is 2.40. The molecule has 2 rings (SSSR count). The van der Waals surface area contributed by atoms with Gasteiger partial charge in [-0.15, -0.1) is 0 Å². The Balaban J connectivity index is 2.40. The summed E-state index contributed by atoms with van der Waals surface area (Å²) in [5.74, 6) is -0.957. The summed E-state index contributed by atoms with van der Waals surface area (Å²) in [6.45, 7) is 1.94. The van der Waals surface area contributed by atoms with Gasteiger partial charge in [0.05, 0.1) is 4.92 Å². The molecule has 2 aromatic rings. The third kappa shape index (κ3) is 3.63. The molecule has 0 aliphatic rings. The van der Waals surface area contributed by atoms with Gasteiger partial charge < -0.3 is 4.74 Å². The fourth-order valence-electron chi connectivity index (χ4n) is 1.68. The highest BCUT2D eigenvalue weighted by Crippen LogP contribution is 2.33. The first-order chi connectivity index (χ1) is 10.0. The maximum Gasteiger partial charge on any atom is 0.314 e. The van der Waals surface area contributed by atoms with E-state index in [4.69, 9.17) is 16.3 Å². The molecule has 0 saturated heterocycles. The predicted octanol–water partition coefficient (Wildman–Crippen LogP) is 3.92. The number of para-hydroxylation sites is 1. The number of aryl methyl sites for hydroxylation is 1. The fourth-order valence-corrected chi connectivity index (χ4v) is 1.87. The van der Waals surface area contributed by atoms with E-state index in [-0.39, 0.29) is 11.0 Å². The highest BCUT2D eigenvalue weighted by atomic mass is 35.5. The van der Waals surface area contributed by atoms with Crippen molar-refractivity contribution in [3.05, 3.63) is 51.2 Å². The predicted molar refractivity (Wildman–Crippen MR) is 74.2 cm³/mol. The zero-order chi connectivity index (χ0) is 15.4. The van der Waals surface area contributed by atoms with Crippen LogP contribution in [0.25, 0.3) is 0 Å². The van der Waals surface area contributed by atoms with Crippen molar-refractivity contribution in [2.45, 2.75) is 19.8 Å². The average molecular weight is 312 g/mol. The van der Waals surface area contributed by atoms with Gasteiger partial charge in [-0.1, -0.05) is 24.6 Å². The summed E-state index contributed by atoms with van der Waals surface area (Å²) in [6.07, 6.45) is 1.36. The first-order valence-electron chi connectivity index (χ1n) is 6.15. The lowest BCUT2D eigenvalue weighted by Crippen LogP contribution is -2.00. The van der Waals surface area contributed by atoms with Crippen molar-refractivity contribution < 1.29 is 14.1 Å². The lowest BCUT2D eigenvalue weighted by molar-refractivity contribution is -0.385. The zero-order valence-electron chi connectivity index (χ0n) is 11.0. The molecule has 0 N–H and O–H groups in total. The normalized spacial score (nSPS) is 10.4. The number of nitrogens with zero attached hydrogens (tertiary/aromatic N) is 3. The smallest absolute Gasteiger partial charge is 0.314 e. The molecule has 21 heavy (non-hydrogen) atoms. The number of aromatic nitrogens is 2. The van der Waals surface area contributed by atoms with Crippen LogP contribution in [0.15, 0.2) is 24.3 Å². The molecule has 0 spiro atoms. The number of ether oxygens (including phenoxy) is 1. The molecular formula is C13H11ClFN3O3. The highest BCUT2D eigenvalue weighted by Gasteiger charge is 2.21. The lowest BCUT2D eigenvalue weighted by Gasteiger charge is -2.08. The van der Waals surface area contributed by atoms with E-state index in [1.807, 2.05) is 6.92 Å². The third-order valence-corrected chi connectivity index (χ3v) is 2.73. The molecule has 8 heteroatoms. The Labute approximate surface area is 124 Å². The number of nitro benzene ring substituents is 1. The van der Waals surface area contributed by atoms with Gasteiger partial charge in [-0.3, -0.25) is 10.1 Å². The molecule has 0 amide bonds. The fraction of sp³-hybridized carbons (Fsp3) is 0.231. The van der Waals surface area contributed by atoms with Gasteiger partial charge in [0.2, 0.25) is 11.6 Å². The minimum Gasteiger partial charge on any atom is -0.428 e. The number of hydrogen-bond acceptors (Lipinski definition) is 5. The minimum absolute atomic E-state index is 0.0355. The summed E-state index contributed by atoms with van der Waals surface area (Å²) in [4.78, 5) is 18.2. The van der Waals surface area contributed by atoms with E-state index in [0.717, 1.165) is 18.6 Å². The summed E-state index contributed by atoms with van der Waals surface area (Å²) in [5.41, 5.74) is -0.484. The molecule has 1 heterocycles. The Hall–Kier alpha value is -2.28. The summed E-state index contributed by atoms with van der Waals surface area (Å²) in [6, 6.07) is 4.72. The molecule has 1 aromatic heterocycles. The number of halogens is 2. The monoisotopic (exact) mass is 311 g/mol. The van der Waals surface area contributed by atoms with Crippen LogP contribution in [0.5, 0.6) is 11.6 Å². The number of nitro groups is 1. The molecule has 1 aromatic carbocycles. The van der Waals surface area contributed by atoms with Crippen LogP contribution < -0.4 is 4.74 Å². The summed E-state index contributed by atoms with van der Waals surface area (Å²) < 4.78 is 19.0. The molecule has 0 saturated carbocycles. The second-order valence-electron chi connectivity index (χ2n) is 4.14. The van der Waals surface area contributed by atoms with E-state index < -0.39 is 22.2 Å². The maximum atomic E-state index is 13.7. The summed E-state index contributed by atoms with van der Waals surface area (Å²) in [7, 11) is 0. The van der Waals surface area contributed by atoms with Crippen LogP contribution >= 0.6 is 11.6 Å². The van der Waals surface area contributed by atoms with Crippen molar-refractivity contribution >= 4 is 17.3 Å². The van der Waals surface area contributed by atoms with Crippen molar-refractivity contribution in [3.63, 3.8) is 0 Å². The zero-order valence-corrected chi connectivity index (χ0v) is 11.8. The van der Waals surface area contributed by atoms with Crippen LogP contribution in [0.1, 0.15) is 19.2 Å². The van der Waals surface area contributed by atoms with Crippen molar-refractivity contribution in [2.75, 3.05) is 0 Å². The molecule has 6 nitrogen and oxygen atoms in total. The summed E-state index contributed by atoms with van der Waals surface area (Å²) in [5, 5.41) is 11.0. The van der Waals surface area contributed by atoms with E-state index in [9.17, 15) is 14.5 Å². The third-order valence-electron chi connectivity index (χ3n) is 2.54. The number of benzene rings is 1. The van der Waals surface area contributed by atoms with Crippen molar-refractivity contribution in [1.82, 2.24) is 9.97 Å². The Bertz CT molecular complexity index is 682. The minimum atomic E-state index is -0.851. The van der Waals surface area contributed by atoms with Crippen LogP contribution in [0.4, 0.5) is 10.1 Å². The molecule has 0 aliphatic carbocycles. The van der Waals surface area contributed by atoms with Crippen molar-refractivity contribution in [1.29, 1.82) is 0 Å². The quantitative estimate of drug-likeness (QED) is 0.475. The van der Waals surface area contributed by atoms with Crippen molar-refractivity contribution in [3.8, 4) is 11.6 Å². The SMILES string of the molecule is CCCc1nc(Cl)cc(Oc2c(F)cccc2[N+](=O)[O-])n1. The Morgan fingerprint density at radius 3 is 2.86 bits per heavy atom. The van der Waals surface area contributed by atoms with Crippen molar-refractivity contribution in [2.24, 2.45) is 0 Å². The van der Waals surface area contributed by atoms with Gasteiger partial charge in [-0.05, 0) is 12.5 Å². The first kappa shape index (κ1) is 15.1. The number of rotatable bonds is 5. The van der Waals surface area contributed by atoms with Gasteiger partial charge in [0, 0.05) is 18.6 Å². The second-order valence-corrected chi connectivity index (χ2v) is 4.53.